The first kappa shape index (κ1) is 14.7. The van der Waals surface area contributed by atoms with Gasteiger partial charge in [0.1, 0.15) is 0 Å². The zero-order valence-corrected chi connectivity index (χ0v) is 12.2. The third-order valence-corrected chi connectivity index (χ3v) is 3.95. The number of nitrogens with zero attached hydrogens (tertiary/aromatic N) is 1. The first-order chi connectivity index (χ1) is 9.61. The van der Waals surface area contributed by atoms with Gasteiger partial charge in [-0.1, -0.05) is 6.07 Å². The molecule has 0 saturated carbocycles. The number of fused-ring (bicyclic) bond motifs is 1. The number of nitrogens with one attached hydrogen (secondary N) is 1. The number of amides is 2. The molecule has 108 valence electrons. The fourth-order valence-electron chi connectivity index (χ4n) is 2.24. The van der Waals surface area contributed by atoms with Crippen molar-refractivity contribution in [2.75, 3.05) is 25.1 Å². The molecule has 0 bridgehead atoms. The molecule has 1 aromatic carbocycles. The van der Waals surface area contributed by atoms with Crippen molar-refractivity contribution in [1.29, 1.82) is 0 Å². The van der Waals surface area contributed by atoms with E-state index in [1.165, 1.54) is 0 Å². The van der Waals surface area contributed by atoms with Crippen LogP contribution >= 0.6 is 11.8 Å². The van der Waals surface area contributed by atoms with Gasteiger partial charge in [0.15, 0.2) is 0 Å². The molecule has 0 aromatic heterocycles. The molecule has 1 heterocycles. The molecule has 1 aliphatic rings. The molecule has 0 spiro atoms. The Morgan fingerprint density at radius 2 is 2.20 bits per heavy atom. The van der Waals surface area contributed by atoms with Gasteiger partial charge in [0, 0.05) is 25.4 Å². The molecular weight excluding hydrogens is 276 g/mol. The van der Waals surface area contributed by atoms with Crippen LogP contribution in [0.25, 0.3) is 0 Å². The van der Waals surface area contributed by atoms with Gasteiger partial charge in [0.05, 0.1) is 5.56 Å². The highest BCUT2D eigenvalue weighted by atomic mass is 32.2. The lowest BCUT2D eigenvalue weighted by molar-refractivity contribution is 0.0696. The topological polar surface area (TPSA) is 69.6 Å². The molecule has 20 heavy (non-hydrogen) atoms. The molecule has 2 rings (SSSR count). The number of benzene rings is 1. The van der Waals surface area contributed by atoms with Crippen molar-refractivity contribution in [3.05, 3.63) is 34.9 Å². The Morgan fingerprint density at radius 1 is 1.40 bits per heavy atom. The summed E-state index contributed by atoms with van der Waals surface area (Å²) >= 11 is 1.69. The maximum Gasteiger partial charge on any atom is 0.335 e. The minimum absolute atomic E-state index is 0.0783. The van der Waals surface area contributed by atoms with E-state index in [-0.39, 0.29) is 11.6 Å². The van der Waals surface area contributed by atoms with Crippen molar-refractivity contribution in [3.8, 4) is 0 Å². The summed E-state index contributed by atoms with van der Waals surface area (Å²) in [6.07, 6.45) is 2.77. The number of aromatic carboxylic acids is 1. The maximum absolute atomic E-state index is 12.0. The molecular formula is C14H18N2O3S. The lowest BCUT2D eigenvalue weighted by Crippen LogP contribution is -2.43. The number of carboxylic acid groups (broad SMARTS) is 1. The summed E-state index contributed by atoms with van der Waals surface area (Å²) in [5, 5.41) is 11.9. The van der Waals surface area contributed by atoms with Gasteiger partial charge in [0.2, 0.25) is 0 Å². The number of hydrogen-bond donors (Lipinski definition) is 2. The van der Waals surface area contributed by atoms with Crippen LogP contribution in [-0.4, -0.2) is 47.1 Å². The smallest absolute Gasteiger partial charge is 0.335 e. The van der Waals surface area contributed by atoms with E-state index in [9.17, 15) is 9.59 Å². The Kier molecular flexibility index (Phi) is 4.89. The Balaban J connectivity index is 2.03. The van der Waals surface area contributed by atoms with E-state index in [1.54, 1.807) is 28.8 Å². The summed E-state index contributed by atoms with van der Waals surface area (Å²) in [6, 6.07) is 5.06. The second kappa shape index (κ2) is 6.65. The molecule has 1 aromatic rings. The Morgan fingerprint density at radius 3 is 2.90 bits per heavy atom. The highest BCUT2D eigenvalue weighted by Gasteiger charge is 2.21. The van der Waals surface area contributed by atoms with Crippen LogP contribution < -0.4 is 5.32 Å². The Hall–Kier alpha value is -1.69. The number of thioether (sulfide) groups is 1. The largest absolute Gasteiger partial charge is 0.478 e. The third-order valence-electron chi connectivity index (χ3n) is 3.34. The van der Waals surface area contributed by atoms with E-state index < -0.39 is 5.97 Å². The second-order valence-corrected chi connectivity index (χ2v) is 5.67. The summed E-state index contributed by atoms with van der Waals surface area (Å²) in [5.74, 6) is -0.0476. The molecule has 2 N–H and O–H groups in total. The van der Waals surface area contributed by atoms with E-state index in [4.69, 9.17) is 5.11 Å². The molecule has 0 saturated heterocycles. The van der Waals surface area contributed by atoms with Crippen molar-refractivity contribution >= 4 is 23.8 Å². The quantitative estimate of drug-likeness (QED) is 0.831. The predicted octanol–water partition coefficient (Wildman–Crippen LogP) is 1.82. The van der Waals surface area contributed by atoms with Crippen LogP contribution in [0.4, 0.5) is 4.79 Å². The second-order valence-electron chi connectivity index (χ2n) is 4.68. The van der Waals surface area contributed by atoms with Crippen LogP contribution in [0.1, 0.15) is 21.5 Å². The molecule has 0 fully saturated rings. The first-order valence-electron chi connectivity index (χ1n) is 6.48. The van der Waals surface area contributed by atoms with Crippen molar-refractivity contribution in [2.24, 2.45) is 0 Å². The zero-order valence-electron chi connectivity index (χ0n) is 11.4. The van der Waals surface area contributed by atoms with Crippen LogP contribution in [0.2, 0.25) is 0 Å². The normalized spacial score (nSPS) is 13.8. The van der Waals surface area contributed by atoms with Crippen molar-refractivity contribution in [2.45, 2.75) is 13.0 Å². The Labute approximate surface area is 122 Å². The molecule has 0 aliphatic carbocycles. The van der Waals surface area contributed by atoms with E-state index in [0.717, 1.165) is 23.3 Å². The Bertz CT molecular complexity index is 519. The maximum atomic E-state index is 12.0. The van der Waals surface area contributed by atoms with Gasteiger partial charge >= 0.3 is 12.0 Å². The SMILES string of the molecule is CSCCNC(=O)N1CCc2ccc(C(=O)O)cc2C1. The predicted molar refractivity (Wildman–Crippen MR) is 79.3 cm³/mol. The molecule has 0 radical (unpaired) electrons. The van der Waals surface area contributed by atoms with Crippen molar-refractivity contribution < 1.29 is 14.7 Å². The standard InChI is InChI=1S/C14H18N2O3S/c1-20-7-5-15-14(19)16-6-4-10-2-3-11(13(17)18)8-12(10)9-16/h2-3,8H,4-7,9H2,1H3,(H,15,19)(H,17,18). The lowest BCUT2D eigenvalue weighted by atomic mass is 9.97. The summed E-state index contributed by atoms with van der Waals surface area (Å²) in [6.45, 7) is 1.80. The van der Waals surface area contributed by atoms with Gasteiger partial charge in [-0.3, -0.25) is 0 Å². The van der Waals surface area contributed by atoms with E-state index >= 15 is 0 Å². The van der Waals surface area contributed by atoms with Crippen LogP contribution in [0, 0.1) is 0 Å². The third kappa shape index (κ3) is 3.45. The van der Waals surface area contributed by atoms with E-state index in [1.807, 2.05) is 12.3 Å². The summed E-state index contributed by atoms with van der Waals surface area (Å²) in [4.78, 5) is 24.7. The lowest BCUT2D eigenvalue weighted by Gasteiger charge is -2.29. The minimum atomic E-state index is -0.936. The van der Waals surface area contributed by atoms with Crippen LogP contribution in [0.3, 0.4) is 0 Å². The van der Waals surface area contributed by atoms with Crippen molar-refractivity contribution in [3.63, 3.8) is 0 Å². The molecule has 5 nitrogen and oxygen atoms in total. The summed E-state index contributed by atoms with van der Waals surface area (Å²) in [7, 11) is 0. The monoisotopic (exact) mass is 294 g/mol. The highest BCUT2D eigenvalue weighted by molar-refractivity contribution is 7.98. The number of hydrogen-bond acceptors (Lipinski definition) is 3. The van der Waals surface area contributed by atoms with Gasteiger partial charge < -0.3 is 15.3 Å². The van der Waals surface area contributed by atoms with E-state index in [0.29, 0.717) is 19.6 Å². The van der Waals surface area contributed by atoms with E-state index in [2.05, 4.69) is 5.32 Å². The summed E-state index contributed by atoms with van der Waals surface area (Å²) in [5.41, 5.74) is 2.33. The number of carboxylic acids is 1. The number of carbonyl (C=O) groups excluding carboxylic acids is 1. The van der Waals surface area contributed by atoms with Crippen LogP contribution in [0.5, 0.6) is 0 Å². The molecule has 2 amide bonds. The van der Waals surface area contributed by atoms with Gasteiger partial charge in [-0.25, -0.2) is 9.59 Å². The number of urea groups is 1. The first-order valence-corrected chi connectivity index (χ1v) is 7.88. The van der Waals surface area contributed by atoms with Crippen LogP contribution in [0.15, 0.2) is 18.2 Å². The molecule has 1 aliphatic heterocycles. The average molecular weight is 294 g/mol. The number of rotatable bonds is 4. The molecule has 6 heteroatoms. The fourth-order valence-corrected chi connectivity index (χ4v) is 2.54. The molecule has 0 atom stereocenters. The van der Waals surface area contributed by atoms with Gasteiger partial charge in [-0.2, -0.15) is 11.8 Å². The van der Waals surface area contributed by atoms with Crippen LogP contribution in [-0.2, 0) is 13.0 Å². The summed E-state index contributed by atoms with van der Waals surface area (Å²) < 4.78 is 0. The fraction of sp³-hybridized carbons (Fsp3) is 0.429. The zero-order chi connectivity index (χ0) is 14.5. The van der Waals surface area contributed by atoms with Gasteiger partial charge in [-0.05, 0) is 35.9 Å². The highest BCUT2D eigenvalue weighted by Crippen LogP contribution is 2.20. The van der Waals surface area contributed by atoms with Crippen molar-refractivity contribution in [1.82, 2.24) is 10.2 Å². The number of carbonyl (C=O) groups is 2. The van der Waals surface area contributed by atoms with Gasteiger partial charge in [0.25, 0.3) is 0 Å². The molecule has 0 unspecified atom stereocenters. The van der Waals surface area contributed by atoms with Gasteiger partial charge in [-0.15, -0.1) is 0 Å². The minimum Gasteiger partial charge on any atom is -0.478 e. The average Bonchev–Trinajstić information content (AvgIpc) is 2.46.